The molecule has 0 aromatic heterocycles. The predicted molar refractivity (Wildman–Crippen MR) is 46.4 cm³/mol. The van der Waals surface area contributed by atoms with Gasteiger partial charge in [0.1, 0.15) is 0 Å². The lowest BCUT2D eigenvalue weighted by Crippen LogP contribution is -2.47. The van der Waals surface area contributed by atoms with Crippen LogP contribution in [0.15, 0.2) is 0 Å². The Labute approximate surface area is 72.7 Å². The van der Waals surface area contributed by atoms with E-state index in [1.165, 1.54) is 12.8 Å². The van der Waals surface area contributed by atoms with Gasteiger partial charge in [0.15, 0.2) is 0 Å². The van der Waals surface area contributed by atoms with Crippen LogP contribution >= 0.6 is 0 Å². The normalized spacial score (nSPS) is 36.2. The topological polar surface area (TPSA) is 55.1 Å². The minimum atomic E-state index is 0.0833. The molecule has 1 aliphatic carbocycles. The fourth-order valence-electron chi connectivity index (χ4n) is 1.96. The molecule has 1 saturated carbocycles. The van der Waals surface area contributed by atoms with Crippen LogP contribution in [-0.2, 0) is 4.79 Å². The number of hydrogen-bond acceptors (Lipinski definition) is 2. The van der Waals surface area contributed by atoms with Gasteiger partial charge < -0.3 is 11.1 Å². The second-order valence-electron chi connectivity index (χ2n) is 3.96. The number of amides is 1. The maximum absolute atomic E-state index is 11.4. The summed E-state index contributed by atoms with van der Waals surface area (Å²) in [6, 6.07) is 0.472. The summed E-state index contributed by atoms with van der Waals surface area (Å²) in [6.45, 7) is 0.503. The number of piperidine rings is 1. The average Bonchev–Trinajstić information content (AvgIpc) is 2.86. The SMILES string of the molecule is NCC1CCC(C2CC2)NC1=O. The zero-order valence-electron chi connectivity index (χ0n) is 7.25. The van der Waals surface area contributed by atoms with Crippen LogP contribution in [-0.4, -0.2) is 18.5 Å². The van der Waals surface area contributed by atoms with Crippen molar-refractivity contribution in [1.82, 2.24) is 5.32 Å². The highest BCUT2D eigenvalue weighted by Gasteiger charge is 2.36. The zero-order chi connectivity index (χ0) is 8.55. The van der Waals surface area contributed by atoms with Crippen LogP contribution in [0.3, 0.4) is 0 Å². The van der Waals surface area contributed by atoms with E-state index >= 15 is 0 Å². The van der Waals surface area contributed by atoms with Gasteiger partial charge >= 0.3 is 0 Å². The molecule has 2 aliphatic rings. The molecule has 2 rings (SSSR count). The fourth-order valence-corrected chi connectivity index (χ4v) is 1.96. The number of carbonyl (C=O) groups excluding carboxylic acids is 1. The van der Waals surface area contributed by atoms with Gasteiger partial charge in [0.05, 0.1) is 5.92 Å². The van der Waals surface area contributed by atoms with Crippen LogP contribution in [0.4, 0.5) is 0 Å². The molecule has 3 heteroatoms. The maximum Gasteiger partial charge on any atom is 0.224 e. The third-order valence-corrected chi connectivity index (χ3v) is 3.00. The summed E-state index contributed by atoms with van der Waals surface area (Å²) in [6.07, 6.45) is 4.73. The molecule has 1 saturated heterocycles. The summed E-state index contributed by atoms with van der Waals surface area (Å²) >= 11 is 0. The van der Waals surface area contributed by atoms with Gasteiger partial charge in [-0.3, -0.25) is 4.79 Å². The lowest BCUT2D eigenvalue weighted by atomic mass is 9.92. The molecule has 0 radical (unpaired) electrons. The van der Waals surface area contributed by atoms with Gasteiger partial charge in [0.2, 0.25) is 5.91 Å². The molecule has 68 valence electrons. The van der Waals surface area contributed by atoms with E-state index in [9.17, 15) is 4.79 Å². The molecule has 12 heavy (non-hydrogen) atoms. The molecule has 2 fully saturated rings. The Morgan fingerprint density at radius 3 is 2.58 bits per heavy atom. The molecular formula is C9H16N2O. The predicted octanol–water partition coefficient (Wildman–Crippen LogP) is 0.250. The van der Waals surface area contributed by atoms with E-state index in [1.807, 2.05) is 0 Å². The van der Waals surface area contributed by atoms with Gasteiger partial charge in [-0.05, 0) is 31.6 Å². The highest BCUT2D eigenvalue weighted by atomic mass is 16.2. The molecule has 3 N–H and O–H groups in total. The maximum atomic E-state index is 11.4. The summed E-state index contributed by atoms with van der Waals surface area (Å²) in [4.78, 5) is 11.4. The van der Waals surface area contributed by atoms with Crippen molar-refractivity contribution in [2.24, 2.45) is 17.6 Å². The smallest absolute Gasteiger partial charge is 0.224 e. The Bertz CT molecular complexity index is 189. The summed E-state index contributed by atoms with van der Waals surface area (Å²) in [5.74, 6) is 1.05. The Morgan fingerprint density at radius 2 is 2.08 bits per heavy atom. The van der Waals surface area contributed by atoms with Crippen molar-refractivity contribution < 1.29 is 4.79 Å². The molecule has 0 bridgehead atoms. The Kier molecular flexibility index (Phi) is 2.05. The second kappa shape index (κ2) is 3.05. The minimum Gasteiger partial charge on any atom is -0.353 e. The molecule has 1 aliphatic heterocycles. The molecule has 2 unspecified atom stereocenters. The molecule has 0 aromatic carbocycles. The summed E-state index contributed by atoms with van der Waals surface area (Å²) < 4.78 is 0. The van der Waals surface area contributed by atoms with E-state index in [2.05, 4.69) is 5.32 Å². The highest BCUT2D eigenvalue weighted by molar-refractivity contribution is 5.80. The lowest BCUT2D eigenvalue weighted by molar-refractivity contribution is -0.127. The van der Waals surface area contributed by atoms with Crippen molar-refractivity contribution in [3.8, 4) is 0 Å². The van der Waals surface area contributed by atoms with Crippen LogP contribution in [0.5, 0.6) is 0 Å². The molecule has 3 nitrogen and oxygen atoms in total. The average molecular weight is 168 g/mol. The number of nitrogens with two attached hydrogens (primary N) is 1. The summed E-state index contributed by atoms with van der Waals surface area (Å²) in [5, 5.41) is 3.06. The molecule has 2 atom stereocenters. The van der Waals surface area contributed by atoms with E-state index in [1.54, 1.807) is 0 Å². The minimum absolute atomic E-state index is 0.0833. The van der Waals surface area contributed by atoms with E-state index in [0.717, 1.165) is 18.8 Å². The third-order valence-electron chi connectivity index (χ3n) is 3.00. The number of rotatable bonds is 2. The molecule has 1 amide bonds. The van der Waals surface area contributed by atoms with Crippen molar-refractivity contribution >= 4 is 5.91 Å². The van der Waals surface area contributed by atoms with Crippen molar-refractivity contribution in [3.63, 3.8) is 0 Å². The quantitative estimate of drug-likeness (QED) is 0.621. The number of nitrogens with one attached hydrogen (secondary N) is 1. The van der Waals surface area contributed by atoms with Crippen LogP contribution in [0, 0.1) is 11.8 Å². The largest absolute Gasteiger partial charge is 0.353 e. The van der Waals surface area contributed by atoms with E-state index < -0.39 is 0 Å². The van der Waals surface area contributed by atoms with Gasteiger partial charge in [-0.25, -0.2) is 0 Å². The molecular weight excluding hydrogens is 152 g/mol. The highest BCUT2D eigenvalue weighted by Crippen LogP contribution is 2.36. The van der Waals surface area contributed by atoms with Crippen LogP contribution in [0.2, 0.25) is 0 Å². The van der Waals surface area contributed by atoms with E-state index in [4.69, 9.17) is 5.73 Å². The van der Waals surface area contributed by atoms with E-state index in [-0.39, 0.29) is 11.8 Å². The fraction of sp³-hybridized carbons (Fsp3) is 0.889. The van der Waals surface area contributed by atoms with Gasteiger partial charge in [0, 0.05) is 12.6 Å². The zero-order valence-corrected chi connectivity index (χ0v) is 7.25. The Hall–Kier alpha value is -0.570. The lowest BCUT2D eigenvalue weighted by Gasteiger charge is -2.28. The van der Waals surface area contributed by atoms with Crippen molar-refractivity contribution in [2.75, 3.05) is 6.54 Å². The van der Waals surface area contributed by atoms with Crippen LogP contribution in [0.25, 0.3) is 0 Å². The Morgan fingerprint density at radius 1 is 1.33 bits per heavy atom. The number of carbonyl (C=O) groups is 1. The first-order valence-corrected chi connectivity index (χ1v) is 4.81. The van der Waals surface area contributed by atoms with Crippen molar-refractivity contribution in [2.45, 2.75) is 31.7 Å². The van der Waals surface area contributed by atoms with Crippen molar-refractivity contribution in [1.29, 1.82) is 0 Å². The van der Waals surface area contributed by atoms with Gasteiger partial charge in [-0.15, -0.1) is 0 Å². The van der Waals surface area contributed by atoms with Crippen LogP contribution < -0.4 is 11.1 Å². The first-order chi connectivity index (χ1) is 5.81. The molecule has 0 spiro atoms. The summed E-state index contributed by atoms with van der Waals surface area (Å²) in [7, 11) is 0. The standard InChI is InChI=1S/C9H16N2O/c10-5-7-3-4-8(6-1-2-6)11-9(7)12/h6-8H,1-5,10H2,(H,11,12). The number of hydrogen-bond donors (Lipinski definition) is 2. The molecule has 1 heterocycles. The summed E-state index contributed by atoms with van der Waals surface area (Å²) in [5.41, 5.74) is 5.47. The Balaban J connectivity index is 1.89. The van der Waals surface area contributed by atoms with Crippen molar-refractivity contribution in [3.05, 3.63) is 0 Å². The third kappa shape index (κ3) is 1.46. The molecule has 0 aromatic rings. The monoisotopic (exact) mass is 168 g/mol. The first-order valence-electron chi connectivity index (χ1n) is 4.81. The van der Waals surface area contributed by atoms with Gasteiger partial charge in [-0.2, -0.15) is 0 Å². The van der Waals surface area contributed by atoms with Gasteiger partial charge in [-0.1, -0.05) is 0 Å². The first kappa shape index (κ1) is 8.05. The second-order valence-corrected chi connectivity index (χ2v) is 3.96. The van der Waals surface area contributed by atoms with Crippen LogP contribution in [0.1, 0.15) is 25.7 Å². The van der Waals surface area contributed by atoms with Gasteiger partial charge in [0.25, 0.3) is 0 Å². The van der Waals surface area contributed by atoms with E-state index in [0.29, 0.717) is 12.6 Å².